The highest BCUT2D eigenvalue weighted by Crippen LogP contribution is 2.38. The molecule has 1 N–H and O–H groups in total. The molecule has 0 aliphatic carbocycles. The number of rotatable bonds is 3. The summed E-state index contributed by atoms with van der Waals surface area (Å²) >= 11 is 6.05. The summed E-state index contributed by atoms with van der Waals surface area (Å²) in [7, 11) is 1.42. The van der Waals surface area contributed by atoms with Gasteiger partial charge in [-0.2, -0.15) is 0 Å². The number of amides is 1. The Bertz CT molecular complexity index is 560. The van der Waals surface area contributed by atoms with Crippen LogP contribution in [0.1, 0.15) is 17.3 Å². The van der Waals surface area contributed by atoms with E-state index < -0.39 is 17.9 Å². The second-order valence-corrected chi connectivity index (χ2v) is 4.82. The van der Waals surface area contributed by atoms with Crippen molar-refractivity contribution < 1.29 is 24.2 Å². The number of likely N-dealkylation sites (N-methyl/N-ethyl adjacent to an activating group) is 1. The standard InChI is InChI=1S/C13H14ClNO5/c1-7(13(17)18)15(2)12(16)8-5-9(14)11-10(6-8)19-3-4-20-11/h5-7H,3-4H2,1-2H3,(H,17,18). The molecule has 0 bridgehead atoms. The van der Waals surface area contributed by atoms with E-state index in [1.54, 1.807) is 0 Å². The van der Waals surface area contributed by atoms with Gasteiger partial charge in [-0.05, 0) is 19.1 Å². The topological polar surface area (TPSA) is 76.1 Å². The first-order chi connectivity index (χ1) is 9.41. The highest BCUT2D eigenvalue weighted by molar-refractivity contribution is 6.32. The molecule has 0 fully saturated rings. The maximum absolute atomic E-state index is 12.2. The van der Waals surface area contributed by atoms with Crippen molar-refractivity contribution in [3.05, 3.63) is 22.7 Å². The average molecular weight is 300 g/mol. The molecule has 0 saturated heterocycles. The van der Waals surface area contributed by atoms with Crippen molar-refractivity contribution in [3.63, 3.8) is 0 Å². The Kier molecular flexibility index (Phi) is 4.04. The lowest BCUT2D eigenvalue weighted by Crippen LogP contribution is -2.40. The fourth-order valence-electron chi connectivity index (χ4n) is 1.78. The maximum atomic E-state index is 12.2. The van der Waals surface area contributed by atoms with Gasteiger partial charge in [0.25, 0.3) is 5.91 Å². The van der Waals surface area contributed by atoms with Gasteiger partial charge in [-0.3, -0.25) is 4.79 Å². The lowest BCUT2D eigenvalue weighted by molar-refractivity contribution is -0.141. The predicted molar refractivity (Wildman–Crippen MR) is 71.6 cm³/mol. The highest BCUT2D eigenvalue weighted by atomic mass is 35.5. The molecule has 0 aromatic heterocycles. The molecule has 7 heteroatoms. The van der Waals surface area contributed by atoms with Crippen LogP contribution in [0.3, 0.4) is 0 Å². The number of halogens is 1. The fourth-order valence-corrected chi connectivity index (χ4v) is 2.04. The second kappa shape index (κ2) is 5.58. The molecule has 0 radical (unpaired) electrons. The van der Waals surface area contributed by atoms with Crippen LogP contribution >= 0.6 is 11.6 Å². The Morgan fingerprint density at radius 3 is 2.65 bits per heavy atom. The van der Waals surface area contributed by atoms with Gasteiger partial charge in [-0.1, -0.05) is 11.6 Å². The van der Waals surface area contributed by atoms with Crippen LogP contribution in [0.15, 0.2) is 12.1 Å². The minimum Gasteiger partial charge on any atom is -0.486 e. The van der Waals surface area contributed by atoms with E-state index in [9.17, 15) is 9.59 Å². The predicted octanol–water partition coefficient (Wildman–Crippen LogP) is 1.66. The van der Waals surface area contributed by atoms with Gasteiger partial charge in [0.2, 0.25) is 0 Å². The zero-order chi connectivity index (χ0) is 14.9. The third-order valence-electron chi connectivity index (χ3n) is 3.10. The molecule has 1 unspecified atom stereocenters. The van der Waals surface area contributed by atoms with Crippen molar-refractivity contribution in [2.75, 3.05) is 20.3 Å². The van der Waals surface area contributed by atoms with Gasteiger partial charge in [-0.15, -0.1) is 0 Å². The Labute approximate surface area is 120 Å². The van der Waals surface area contributed by atoms with Gasteiger partial charge in [0.15, 0.2) is 11.5 Å². The monoisotopic (exact) mass is 299 g/mol. The van der Waals surface area contributed by atoms with E-state index in [1.807, 2.05) is 0 Å². The molecule has 1 atom stereocenters. The number of carbonyl (C=O) groups is 2. The SMILES string of the molecule is CC(C(=O)O)N(C)C(=O)c1cc(Cl)c2c(c1)OCCO2. The number of hydrogen-bond acceptors (Lipinski definition) is 4. The van der Waals surface area contributed by atoms with Crippen LogP contribution in [0.4, 0.5) is 0 Å². The Morgan fingerprint density at radius 1 is 1.35 bits per heavy atom. The van der Waals surface area contributed by atoms with Crippen molar-refractivity contribution in [1.29, 1.82) is 0 Å². The van der Waals surface area contributed by atoms with E-state index >= 15 is 0 Å². The van der Waals surface area contributed by atoms with Crippen molar-refractivity contribution >= 4 is 23.5 Å². The van der Waals surface area contributed by atoms with Crippen LogP contribution in [0.5, 0.6) is 11.5 Å². The molecule has 2 rings (SSSR count). The molecular formula is C13H14ClNO5. The molecular weight excluding hydrogens is 286 g/mol. The molecule has 1 aromatic carbocycles. The van der Waals surface area contributed by atoms with E-state index in [1.165, 1.54) is 26.1 Å². The molecule has 20 heavy (non-hydrogen) atoms. The Hall–Kier alpha value is -1.95. The van der Waals surface area contributed by atoms with Gasteiger partial charge in [0, 0.05) is 12.6 Å². The van der Waals surface area contributed by atoms with Crippen LogP contribution in [-0.4, -0.2) is 48.2 Å². The number of nitrogens with zero attached hydrogens (tertiary/aromatic N) is 1. The minimum absolute atomic E-state index is 0.259. The molecule has 6 nitrogen and oxygen atoms in total. The summed E-state index contributed by atoms with van der Waals surface area (Å²) < 4.78 is 10.7. The van der Waals surface area contributed by atoms with Gasteiger partial charge in [-0.25, -0.2) is 4.79 Å². The largest absolute Gasteiger partial charge is 0.486 e. The normalized spacial score (nSPS) is 14.6. The number of carboxylic acids is 1. The maximum Gasteiger partial charge on any atom is 0.326 e. The Balaban J connectivity index is 2.31. The number of carboxylic acid groups (broad SMARTS) is 1. The third kappa shape index (κ3) is 2.65. The molecule has 1 aromatic rings. The summed E-state index contributed by atoms with van der Waals surface area (Å²) in [5.74, 6) is -0.727. The van der Waals surface area contributed by atoms with E-state index in [0.717, 1.165) is 4.90 Å². The van der Waals surface area contributed by atoms with Crippen molar-refractivity contribution in [3.8, 4) is 11.5 Å². The summed E-state index contributed by atoms with van der Waals surface area (Å²) in [5, 5.41) is 9.20. The molecule has 1 aliphatic heterocycles. The van der Waals surface area contributed by atoms with Crippen molar-refractivity contribution in [2.45, 2.75) is 13.0 Å². The first-order valence-corrected chi connectivity index (χ1v) is 6.38. The highest BCUT2D eigenvalue weighted by Gasteiger charge is 2.25. The van der Waals surface area contributed by atoms with Gasteiger partial charge >= 0.3 is 5.97 Å². The Morgan fingerprint density at radius 2 is 2.00 bits per heavy atom. The van der Waals surface area contributed by atoms with Gasteiger partial charge in [0.1, 0.15) is 19.3 Å². The number of carbonyl (C=O) groups excluding carboxylic acids is 1. The summed E-state index contributed by atoms with van der Waals surface area (Å²) in [6, 6.07) is 2.02. The molecule has 1 amide bonds. The number of aliphatic carboxylic acids is 1. The lowest BCUT2D eigenvalue weighted by Gasteiger charge is -2.24. The molecule has 108 valence electrons. The van der Waals surface area contributed by atoms with E-state index in [2.05, 4.69) is 0 Å². The number of benzene rings is 1. The first-order valence-electron chi connectivity index (χ1n) is 6.01. The summed E-state index contributed by atoms with van der Waals surface area (Å²) in [5.41, 5.74) is 0.259. The molecule has 1 heterocycles. The lowest BCUT2D eigenvalue weighted by atomic mass is 10.1. The van der Waals surface area contributed by atoms with Crippen LogP contribution in [0.25, 0.3) is 0 Å². The quantitative estimate of drug-likeness (QED) is 0.918. The van der Waals surface area contributed by atoms with Gasteiger partial charge < -0.3 is 19.5 Å². The van der Waals surface area contributed by atoms with E-state index in [-0.39, 0.29) is 10.6 Å². The van der Waals surface area contributed by atoms with Crippen LogP contribution in [0, 0.1) is 0 Å². The van der Waals surface area contributed by atoms with Gasteiger partial charge in [0.05, 0.1) is 5.02 Å². The number of ether oxygens (including phenoxy) is 2. The van der Waals surface area contributed by atoms with E-state index in [0.29, 0.717) is 24.7 Å². The average Bonchev–Trinajstić information content (AvgIpc) is 2.44. The first kappa shape index (κ1) is 14.5. The summed E-state index contributed by atoms with van der Waals surface area (Å²) in [6.45, 7) is 2.21. The fraction of sp³-hybridized carbons (Fsp3) is 0.385. The van der Waals surface area contributed by atoms with Crippen LogP contribution in [-0.2, 0) is 4.79 Å². The summed E-state index contributed by atoms with van der Waals surface area (Å²) in [4.78, 5) is 24.3. The number of fused-ring (bicyclic) bond motifs is 1. The van der Waals surface area contributed by atoms with Crippen LogP contribution in [0.2, 0.25) is 5.02 Å². The zero-order valence-corrected chi connectivity index (χ0v) is 11.8. The van der Waals surface area contributed by atoms with Crippen LogP contribution < -0.4 is 9.47 Å². The van der Waals surface area contributed by atoms with E-state index in [4.69, 9.17) is 26.2 Å². The third-order valence-corrected chi connectivity index (χ3v) is 3.38. The van der Waals surface area contributed by atoms with Crippen molar-refractivity contribution in [1.82, 2.24) is 4.90 Å². The summed E-state index contributed by atoms with van der Waals surface area (Å²) in [6.07, 6.45) is 0. The van der Waals surface area contributed by atoms with Crippen molar-refractivity contribution in [2.24, 2.45) is 0 Å². The zero-order valence-electron chi connectivity index (χ0n) is 11.1. The number of hydrogen-bond donors (Lipinski definition) is 1. The molecule has 1 aliphatic rings. The smallest absolute Gasteiger partial charge is 0.326 e. The second-order valence-electron chi connectivity index (χ2n) is 4.41. The minimum atomic E-state index is -1.08. The molecule has 0 saturated carbocycles. The molecule has 0 spiro atoms.